The maximum absolute atomic E-state index is 15.2. The number of fused-ring (bicyclic) bond motifs is 3. The molecule has 1 saturated carbocycles. The highest BCUT2D eigenvalue weighted by molar-refractivity contribution is 7.59. The van der Waals surface area contributed by atoms with E-state index in [1.165, 1.54) is 11.3 Å². The third-order valence-corrected chi connectivity index (χ3v) is 17.3. The Morgan fingerprint density at radius 2 is 1.81 bits per heavy atom. The lowest BCUT2D eigenvalue weighted by Crippen LogP contribution is -2.45. The summed E-state index contributed by atoms with van der Waals surface area (Å²) in [7, 11) is -2.29. The number of hydrogen-bond donors (Lipinski definition) is 2. The van der Waals surface area contributed by atoms with Crippen molar-refractivity contribution in [1.29, 1.82) is 0 Å². The van der Waals surface area contributed by atoms with Crippen molar-refractivity contribution < 1.29 is 28.5 Å². The highest BCUT2D eigenvalue weighted by Gasteiger charge is 2.65. The zero-order valence-corrected chi connectivity index (χ0v) is 39.7. The number of benzene rings is 2. The Balaban J connectivity index is 1.15. The zero-order chi connectivity index (χ0) is 44.5. The molecule has 1 aliphatic carbocycles. The maximum atomic E-state index is 15.2. The summed E-state index contributed by atoms with van der Waals surface area (Å²) in [6, 6.07) is 16.3. The van der Waals surface area contributed by atoms with Crippen LogP contribution in [-0.4, -0.2) is 73.4 Å². The first kappa shape index (κ1) is 45.2. The molecule has 2 aliphatic heterocycles. The number of anilines is 1. The summed E-state index contributed by atoms with van der Waals surface area (Å²) in [4.78, 5) is 58.8. The Kier molecular flexibility index (Phi) is 13.3. The number of ether oxygens (including phenoxy) is 2. The summed E-state index contributed by atoms with van der Waals surface area (Å²) >= 11 is 3.09. The van der Waals surface area contributed by atoms with Crippen molar-refractivity contribution in [2.45, 2.75) is 127 Å². The fourth-order valence-corrected chi connectivity index (χ4v) is 13.6. The number of nitrogens with one attached hydrogen (secondary N) is 1. The van der Waals surface area contributed by atoms with Gasteiger partial charge in [-0.2, -0.15) is 0 Å². The SMILES string of the molecule is COc1ccc2c(O[C@@H]3C[C@H]4C(=O)C[C@]5(P(=O)(O)Cc6ccccc6)C[C@H]5/C=C\CCCCCC(Cc5nc(C(C)(C)C)cs5)C(=O)N4C3)cc(-c3csc(NC(C)C)n3)nc2c1. The first-order valence-electron chi connectivity index (χ1n) is 22.3. The van der Waals surface area contributed by atoms with Gasteiger partial charge in [0.1, 0.15) is 23.3 Å². The van der Waals surface area contributed by atoms with Crippen molar-refractivity contribution in [1.82, 2.24) is 19.9 Å². The normalized spacial score (nSPS) is 24.9. The molecule has 8 rings (SSSR count). The van der Waals surface area contributed by atoms with Crippen LogP contribution < -0.4 is 14.8 Å². The van der Waals surface area contributed by atoms with Crippen LogP contribution in [0.4, 0.5) is 5.13 Å². The highest BCUT2D eigenvalue weighted by atomic mass is 32.1. The molecule has 14 heteroatoms. The van der Waals surface area contributed by atoms with Gasteiger partial charge in [-0.3, -0.25) is 14.2 Å². The molecule has 0 bridgehead atoms. The van der Waals surface area contributed by atoms with Gasteiger partial charge in [-0.25, -0.2) is 15.0 Å². The number of carbonyl (C=O) groups is 2. The molecule has 1 amide bonds. The molecule has 2 fully saturated rings. The number of allylic oxidation sites excluding steroid dienone is 2. The number of ketones is 1. The summed E-state index contributed by atoms with van der Waals surface area (Å²) in [5.41, 5.74) is 3.64. The summed E-state index contributed by atoms with van der Waals surface area (Å²) in [6.45, 7) is 10.8. The van der Waals surface area contributed by atoms with E-state index in [2.05, 4.69) is 57.5 Å². The largest absolute Gasteiger partial charge is 0.497 e. The number of hydrogen-bond acceptors (Lipinski definition) is 11. The average molecular weight is 910 g/mol. The lowest BCUT2D eigenvalue weighted by Gasteiger charge is -2.30. The number of pyridine rings is 1. The van der Waals surface area contributed by atoms with Gasteiger partial charge in [-0.05, 0) is 63.1 Å². The molecular formula is C49H60N5O6PS2. The second-order valence-corrected chi connectivity index (χ2v) is 23.4. The van der Waals surface area contributed by atoms with E-state index in [0.29, 0.717) is 47.7 Å². The second kappa shape index (κ2) is 18.6. The van der Waals surface area contributed by atoms with Gasteiger partial charge in [-0.15, -0.1) is 22.7 Å². The van der Waals surface area contributed by atoms with E-state index in [-0.39, 0.29) is 60.5 Å². The zero-order valence-electron chi connectivity index (χ0n) is 37.2. The van der Waals surface area contributed by atoms with Crippen LogP contribution in [-0.2, 0) is 32.2 Å². The third kappa shape index (κ3) is 10.1. The molecule has 2 N–H and O–H groups in total. The number of methoxy groups -OCH3 is 1. The number of Topliss-reactive ketones (excluding diaryl/α,β-unsaturated/α-hetero) is 1. The summed E-state index contributed by atoms with van der Waals surface area (Å²) in [5, 5.41) is 8.80. The van der Waals surface area contributed by atoms with Crippen molar-refractivity contribution in [2.75, 3.05) is 19.0 Å². The lowest BCUT2D eigenvalue weighted by molar-refractivity contribution is -0.141. The average Bonchev–Trinajstić information content (AvgIpc) is 3.63. The number of thiazole rings is 2. The Hall–Kier alpha value is -4.42. The number of nitrogens with zero attached hydrogens (tertiary/aromatic N) is 4. The van der Waals surface area contributed by atoms with E-state index in [4.69, 9.17) is 24.4 Å². The fourth-order valence-electron chi connectivity index (χ4n) is 9.15. The Bertz CT molecular complexity index is 2520. The first-order chi connectivity index (χ1) is 30.1. The van der Waals surface area contributed by atoms with Crippen LogP contribution in [0.2, 0.25) is 0 Å². The van der Waals surface area contributed by atoms with Gasteiger partial charge in [0.25, 0.3) is 0 Å². The van der Waals surface area contributed by atoms with Gasteiger partial charge < -0.3 is 24.6 Å². The summed E-state index contributed by atoms with van der Waals surface area (Å²) in [6.07, 6.45) is 9.06. The van der Waals surface area contributed by atoms with Crippen molar-refractivity contribution in [3.05, 3.63) is 93.8 Å². The Morgan fingerprint density at radius 1 is 1.00 bits per heavy atom. The summed E-state index contributed by atoms with van der Waals surface area (Å²) < 4.78 is 27.2. The molecular weight excluding hydrogens is 850 g/mol. The molecule has 0 radical (unpaired) electrons. The van der Waals surface area contributed by atoms with Crippen LogP contribution >= 0.6 is 30.0 Å². The van der Waals surface area contributed by atoms with Crippen molar-refractivity contribution >= 4 is 57.8 Å². The molecule has 6 atom stereocenters. The Labute approximate surface area is 379 Å². The molecule has 2 aromatic carbocycles. The molecule has 5 heterocycles. The van der Waals surface area contributed by atoms with Crippen LogP contribution in [0.3, 0.4) is 0 Å². The topological polar surface area (TPSA) is 144 Å². The maximum Gasteiger partial charge on any atom is 0.226 e. The number of amides is 1. The van der Waals surface area contributed by atoms with Gasteiger partial charge >= 0.3 is 0 Å². The van der Waals surface area contributed by atoms with E-state index < -0.39 is 24.7 Å². The lowest BCUT2D eigenvalue weighted by atomic mass is 9.93. The van der Waals surface area contributed by atoms with Crippen molar-refractivity contribution in [2.24, 2.45) is 11.8 Å². The minimum atomic E-state index is -3.91. The van der Waals surface area contributed by atoms with E-state index >= 15 is 9.59 Å². The van der Waals surface area contributed by atoms with E-state index in [9.17, 15) is 9.46 Å². The van der Waals surface area contributed by atoms with Gasteiger partial charge in [0, 0.05) is 64.9 Å². The predicted molar refractivity (Wildman–Crippen MR) is 253 cm³/mol. The second-order valence-electron chi connectivity index (χ2n) is 19.0. The van der Waals surface area contributed by atoms with Gasteiger partial charge in [0.05, 0.1) is 52.9 Å². The molecule has 3 aliphatic rings. The van der Waals surface area contributed by atoms with E-state index in [0.717, 1.165) is 52.5 Å². The molecule has 3 aromatic heterocycles. The van der Waals surface area contributed by atoms with Gasteiger partial charge in [0.2, 0.25) is 13.3 Å². The van der Waals surface area contributed by atoms with Gasteiger partial charge in [-0.1, -0.05) is 76.1 Å². The highest BCUT2D eigenvalue weighted by Crippen LogP contribution is 2.74. The molecule has 11 nitrogen and oxygen atoms in total. The standard InChI is InChI=1S/C49H60N5O6PS2/c1-31(2)50-47-52-40(29-63-47)39-24-43(37-20-19-35(59-6)22-38(37)51-39)60-36-23-41-42(55)26-49(61(57,58)28-32-15-11-10-12-16-32)25-34(49)18-14-9-7-8-13-17-33(46(56)54(41)27-36)21-45-53-44(30-62-45)48(3,4)5/h10-12,14-16,18-20,22,24,29-31,33-34,36,41H,7-9,13,17,21,23,25-28H2,1-6H3,(H,50,52)(H,57,58)/b18-14-/t33?,34-,36-,41+,49-/m1/s1. The first-order valence-corrected chi connectivity index (χ1v) is 25.9. The van der Waals surface area contributed by atoms with E-state index in [1.54, 1.807) is 23.3 Å². The van der Waals surface area contributed by atoms with Crippen molar-refractivity contribution in [3.8, 4) is 22.9 Å². The smallest absolute Gasteiger partial charge is 0.226 e. The molecule has 0 spiro atoms. The molecule has 5 aromatic rings. The monoisotopic (exact) mass is 909 g/mol. The van der Waals surface area contributed by atoms with E-state index in [1.807, 2.05) is 60.0 Å². The molecule has 2 unspecified atom stereocenters. The summed E-state index contributed by atoms with van der Waals surface area (Å²) in [5.74, 6) is 0.357. The fraction of sp³-hybridized carbons (Fsp3) is 0.490. The van der Waals surface area contributed by atoms with Crippen LogP contribution in [0.5, 0.6) is 11.5 Å². The predicted octanol–water partition coefficient (Wildman–Crippen LogP) is 10.9. The molecule has 63 heavy (non-hydrogen) atoms. The van der Waals surface area contributed by atoms with Crippen LogP contribution in [0, 0.1) is 11.8 Å². The third-order valence-electron chi connectivity index (χ3n) is 12.8. The van der Waals surface area contributed by atoms with Crippen LogP contribution in [0.15, 0.2) is 77.5 Å². The van der Waals surface area contributed by atoms with Gasteiger partial charge in [0.15, 0.2) is 10.9 Å². The molecule has 334 valence electrons. The number of aromatic nitrogens is 3. The number of carbonyl (C=O) groups excluding carboxylic acids is 2. The Morgan fingerprint density at radius 3 is 2.56 bits per heavy atom. The van der Waals surface area contributed by atoms with Crippen LogP contribution in [0.25, 0.3) is 22.3 Å². The quantitative estimate of drug-likeness (QED) is 0.0971. The van der Waals surface area contributed by atoms with Crippen LogP contribution in [0.1, 0.15) is 102 Å². The minimum absolute atomic E-state index is 0.00675. The number of rotatable bonds is 11. The van der Waals surface area contributed by atoms with Crippen molar-refractivity contribution in [3.63, 3.8) is 0 Å². The molecule has 1 saturated heterocycles. The minimum Gasteiger partial charge on any atom is -0.497 e.